The van der Waals surface area contributed by atoms with Crippen molar-refractivity contribution in [2.24, 2.45) is 35.5 Å². The lowest BCUT2D eigenvalue weighted by Crippen LogP contribution is -2.22. The highest BCUT2D eigenvalue weighted by Gasteiger charge is 2.36. The first kappa shape index (κ1) is 11.8. The minimum Gasteiger partial charge on any atom is -0.0993 e. The topological polar surface area (TPSA) is 0 Å². The molecule has 0 radical (unpaired) electrons. The molecule has 0 aromatic heterocycles. The molecule has 0 bridgehead atoms. The Hall–Kier alpha value is -0.260. The van der Waals surface area contributed by atoms with Gasteiger partial charge in [0, 0.05) is 0 Å². The number of allylic oxidation sites excluding steroid dienone is 1. The average molecular weight is 194 g/mol. The molecule has 1 aliphatic carbocycles. The first-order chi connectivity index (χ1) is 6.37. The molecular formula is C14H26. The summed E-state index contributed by atoms with van der Waals surface area (Å²) >= 11 is 0. The van der Waals surface area contributed by atoms with Gasteiger partial charge in [0.15, 0.2) is 0 Å². The quantitative estimate of drug-likeness (QED) is 0.397. The third-order valence-corrected chi connectivity index (χ3v) is 5.24. The zero-order valence-corrected chi connectivity index (χ0v) is 10.7. The molecule has 0 amide bonds. The Morgan fingerprint density at radius 1 is 0.643 bits per heavy atom. The molecule has 0 aliphatic heterocycles. The van der Waals surface area contributed by atoms with Gasteiger partial charge < -0.3 is 0 Å². The molecule has 6 unspecified atom stereocenters. The highest BCUT2D eigenvalue weighted by molar-refractivity contribution is 5.09. The SMILES string of the molecule is C=C1C(C)C(C)C(C)C(C)C(C)C1C. The smallest absolute Gasteiger partial charge is 0.0203 e. The van der Waals surface area contributed by atoms with Gasteiger partial charge in [-0.2, -0.15) is 0 Å². The minimum atomic E-state index is 0.687. The van der Waals surface area contributed by atoms with Crippen LogP contribution in [0.4, 0.5) is 0 Å². The molecule has 0 heteroatoms. The molecule has 14 heavy (non-hydrogen) atoms. The van der Waals surface area contributed by atoms with Crippen LogP contribution >= 0.6 is 0 Å². The second-order valence-corrected chi connectivity index (χ2v) is 5.59. The Bertz CT molecular complexity index is 194. The number of rotatable bonds is 0. The van der Waals surface area contributed by atoms with Crippen molar-refractivity contribution in [1.29, 1.82) is 0 Å². The molecule has 1 aliphatic rings. The van der Waals surface area contributed by atoms with Gasteiger partial charge in [-0.1, -0.05) is 53.7 Å². The Morgan fingerprint density at radius 3 is 1.21 bits per heavy atom. The zero-order chi connectivity index (χ0) is 11.0. The highest BCUT2D eigenvalue weighted by Crippen LogP contribution is 2.44. The molecule has 1 rings (SSSR count). The second kappa shape index (κ2) is 4.08. The lowest BCUT2D eigenvalue weighted by Gasteiger charge is -2.29. The Balaban J connectivity index is 2.98. The van der Waals surface area contributed by atoms with Crippen molar-refractivity contribution in [3.05, 3.63) is 12.2 Å². The molecule has 0 nitrogen and oxygen atoms in total. The number of hydrogen-bond acceptors (Lipinski definition) is 0. The van der Waals surface area contributed by atoms with E-state index in [0.717, 1.165) is 23.7 Å². The maximum absolute atomic E-state index is 4.31. The zero-order valence-electron chi connectivity index (χ0n) is 10.7. The second-order valence-electron chi connectivity index (χ2n) is 5.59. The molecule has 0 spiro atoms. The summed E-state index contributed by atoms with van der Waals surface area (Å²) in [5.74, 6) is 4.58. The first-order valence-corrected chi connectivity index (χ1v) is 6.06. The molecule has 1 fully saturated rings. The van der Waals surface area contributed by atoms with Crippen LogP contribution < -0.4 is 0 Å². The van der Waals surface area contributed by atoms with E-state index >= 15 is 0 Å². The van der Waals surface area contributed by atoms with Crippen LogP contribution in [0.2, 0.25) is 0 Å². The number of hydrogen-bond donors (Lipinski definition) is 0. The molecule has 0 aromatic rings. The van der Waals surface area contributed by atoms with E-state index in [4.69, 9.17) is 0 Å². The molecule has 6 atom stereocenters. The van der Waals surface area contributed by atoms with E-state index in [1.54, 1.807) is 0 Å². The lowest BCUT2D eigenvalue weighted by molar-refractivity contribution is 0.199. The Kier molecular flexibility index (Phi) is 3.44. The maximum atomic E-state index is 4.31. The van der Waals surface area contributed by atoms with E-state index in [0.29, 0.717) is 11.8 Å². The van der Waals surface area contributed by atoms with E-state index in [1.165, 1.54) is 5.57 Å². The van der Waals surface area contributed by atoms with Crippen molar-refractivity contribution in [3.63, 3.8) is 0 Å². The minimum absolute atomic E-state index is 0.687. The molecule has 82 valence electrons. The van der Waals surface area contributed by atoms with Crippen molar-refractivity contribution in [1.82, 2.24) is 0 Å². The van der Waals surface area contributed by atoms with Crippen molar-refractivity contribution >= 4 is 0 Å². The van der Waals surface area contributed by atoms with Crippen molar-refractivity contribution in [3.8, 4) is 0 Å². The van der Waals surface area contributed by atoms with Crippen molar-refractivity contribution in [2.45, 2.75) is 41.5 Å². The fourth-order valence-corrected chi connectivity index (χ4v) is 2.96. The van der Waals surface area contributed by atoms with Gasteiger partial charge in [0.1, 0.15) is 0 Å². The Morgan fingerprint density at radius 2 is 0.929 bits per heavy atom. The van der Waals surface area contributed by atoms with Gasteiger partial charge >= 0.3 is 0 Å². The van der Waals surface area contributed by atoms with E-state index in [1.807, 2.05) is 0 Å². The summed E-state index contributed by atoms with van der Waals surface area (Å²) in [6, 6.07) is 0. The fourth-order valence-electron chi connectivity index (χ4n) is 2.96. The summed E-state index contributed by atoms with van der Waals surface area (Å²) in [6.07, 6.45) is 0. The normalized spacial score (nSPS) is 50.3. The monoisotopic (exact) mass is 194 g/mol. The summed E-state index contributed by atoms with van der Waals surface area (Å²) in [7, 11) is 0. The van der Waals surface area contributed by atoms with Crippen LogP contribution in [-0.4, -0.2) is 0 Å². The molecule has 0 saturated heterocycles. The van der Waals surface area contributed by atoms with E-state index < -0.39 is 0 Å². The average Bonchev–Trinajstić information content (AvgIpc) is 2.23. The lowest BCUT2D eigenvalue weighted by atomic mass is 9.77. The molecule has 0 aromatic carbocycles. The summed E-state index contributed by atoms with van der Waals surface area (Å²) < 4.78 is 0. The first-order valence-electron chi connectivity index (χ1n) is 6.06. The van der Waals surface area contributed by atoms with Gasteiger partial charge in [-0.05, 0) is 35.5 Å². The van der Waals surface area contributed by atoms with Crippen LogP contribution in [0.5, 0.6) is 0 Å². The third-order valence-electron chi connectivity index (χ3n) is 5.24. The van der Waals surface area contributed by atoms with Crippen LogP contribution in [0.3, 0.4) is 0 Å². The fraction of sp³-hybridized carbons (Fsp3) is 0.857. The predicted octanol–water partition coefficient (Wildman–Crippen LogP) is 4.37. The standard InChI is InChI=1S/C14H26/c1-8-9(2)11(4)13(6)14(7)12(5)10(8)3/h9-14H,1H2,2-7H3. The van der Waals surface area contributed by atoms with Gasteiger partial charge in [-0.3, -0.25) is 0 Å². The van der Waals surface area contributed by atoms with Crippen LogP contribution in [0.1, 0.15) is 41.5 Å². The van der Waals surface area contributed by atoms with Crippen LogP contribution in [0.15, 0.2) is 12.2 Å². The van der Waals surface area contributed by atoms with Gasteiger partial charge in [0.25, 0.3) is 0 Å². The maximum Gasteiger partial charge on any atom is -0.0203 e. The molecule has 0 heterocycles. The van der Waals surface area contributed by atoms with E-state index in [2.05, 4.69) is 48.1 Å². The molecule has 1 saturated carbocycles. The van der Waals surface area contributed by atoms with E-state index in [-0.39, 0.29) is 0 Å². The van der Waals surface area contributed by atoms with Gasteiger partial charge in [-0.25, -0.2) is 0 Å². The summed E-state index contributed by atoms with van der Waals surface area (Å²) in [6.45, 7) is 18.6. The van der Waals surface area contributed by atoms with Gasteiger partial charge in [0.05, 0.1) is 0 Å². The Labute approximate surface area is 89.8 Å². The third kappa shape index (κ3) is 1.76. The largest absolute Gasteiger partial charge is 0.0993 e. The molecule has 0 N–H and O–H groups in total. The molecular weight excluding hydrogens is 168 g/mol. The summed E-state index contributed by atoms with van der Waals surface area (Å²) in [5, 5.41) is 0. The highest BCUT2D eigenvalue weighted by atomic mass is 14.4. The van der Waals surface area contributed by atoms with Gasteiger partial charge in [-0.15, -0.1) is 0 Å². The predicted molar refractivity (Wildman–Crippen MR) is 64.1 cm³/mol. The van der Waals surface area contributed by atoms with E-state index in [9.17, 15) is 0 Å². The summed E-state index contributed by atoms with van der Waals surface area (Å²) in [4.78, 5) is 0. The van der Waals surface area contributed by atoms with Crippen molar-refractivity contribution in [2.75, 3.05) is 0 Å². The summed E-state index contributed by atoms with van der Waals surface area (Å²) in [5.41, 5.74) is 1.47. The van der Waals surface area contributed by atoms with Gasteiger partial charge in [0.2, 0.25) is 0 Å². The van der Waals surface area contributed by atoms with Crippen LogP contribution in [0, 0.1) is 35.5 Å². The van der Waals surface area contributed by atoms with Crippen LogP contribution in [-0.2, 0) is 0 Å². The van der Waals surface area contributed by atoms with Crippen molar-refractivity contribution < 1.29 is 0 Å². The van der Waals surface area contributed by atoms with Crippen LogP contribution in [0.25, 0.3) is 0 Å².